The van der Waals surface area contributed by atoms with Gasteiger partial charge < -0.3 is 0 Å². The average molecular weight is 584 g/mol. The monoisotopic (exact) mass is 582 g/mol. The topological polar surface area (TPSA) is 34.1 Å². The van der Waals surface area contributed by atoms with Crippen LogP contribution in [-0.2, 0) is 9.59 Å². The zero-order valence-corrected chi connectivity index (χ0v) is 25.4. The summed E-state index contributed by atoms with van der Waals surface area (Å²) in [7, 11) is 0. The molecule has 37 heavy (non-hydrogen) atoms. The van der Waals surface area contributed by atoms with E-state index in [0.717, 1.165) is 51.4 Å². The molecule has 206 valence electrons. The van der Waals surface area contributed by atoms with E-state index in [9.17, 15) is 9.59 Å². The molecule has 2 fully saturated rings. The molecule has 4 unspecified atom stereocenters. The van der Waals surface area contributed by atoms with Gasteiger partial charge in [-0.05, 0) is 92.1 Å². The Kier molecular flexibility index (Phi) is 12.3. The van der Waals surface area contributed by atoms with Crippen molar-refractivity contribution in [3.8, 4) is 0 Å². The molecule has 2 aliphatic carbocycles. The molecular formula is C31H44Cl2O2S2. The molecule has 0 aromatic carbocycles. The van der Waals surface area contributed by atoms with Crippen molar-refractivity contribution in [3.63, 3.8) is 0 Å². The van der Waals surface area contributed by atoms with E-state index in [-0.39, 0.29) is 22.3 Å². The van der Waals surface area contributed by atoms with E-state index in [1.807, 2.05) is 22.7 Å². The predicted molar refractivity (Wildman–Crippen MR) is 162 cm³/mol. The van der Waals surface area contributed by atoms with Crippen LogP contribution in [0.25, 0.3) is 9.40 Å². The maximum atomic E-state index is 12.2. The zero-order valence-electron chi connectivity index (χ0n) is 22.3. The fraction of sp³-hybridized carbons (Fsp3) is 0.742. The van der Waals surface area contributed by atoms with Gasteiger partial charge in [0, 0.05) is 31.0 Å². The van der Waals surface area contributed by atoms with Gasteiger partial charge in [0.1, 0.15) is 0 Å². The zero-order chi connectivity index (χ0) is 26.0. The fourth-order valence-corrected chi connectivity index (χ4v) is 9.65. The quantitative estimate of drug-likeness (QED) is 0.336. The van der Waals surface area contributed by atoms with E-state index in [0.29, 0.717) is 11.8 Å². The molecule has 6 heteroatoms. The molecule has 2 nitrogen and oxygen atoms in total. The number of carbonyl (C=O) groups excluding carboxylic acids is 2. The molecule has 2 aromatic rings. The van der Waals surface area contributed by atoms with Crippen molar-refractivity contribution >= 4 is 65.8 Å². The largest absolute Gasteiger partial charge is 0.281 e. The summed E-state index contributed by atoms with van der Waals surface area (Å²) in [6.45, 7) is 0. The van der Waals surface area contributed by atoms with Crippen molar-refractivity contribution < 1.29 is 9.59 Å². The third-order valence-electron chi connectivity index (χ3n) is 8.83. The average Bonchev–Trinajstić information content (AvgIpc) is 3.41. The minimum absolute atomic E-state index is 0.00530. The van der Waals surface area contributed by atoms with Crippen molar-refractivity contribution in [2.45, 2.75) is 134 Å². The summed E-state index contributed by atoms with van der Waals surface area (Å²) in [6, 6.07) is 4.87. The summed E-state index contributed by atoms with van der Waals surface area (Å²) in [4.78, 5) is 27.2. The Labute approximate surface area is 241 Å². The Morgan fingerprint density at radius 3 is 1.51 bits per heavy atom. The third kappa shape index (κ3) is 9.05. The van der Waals surface area contributed by atoms with E-state index in [2.05, 4.69) is 12.1 Å². The van der Waals surface area contributed by atoms with Crippen molar-refractivity contribution in [2.75, 3.05) is 0 Å². The molecule has 0 radical (unpaired) electrons. The van der Waals surface area contributed by atoms with Crippen LogP contribution in [-0.4, -0.2) is 10.5 Å². The van der Waals surface area contributed by atoms with Crippen LogP contribution < -0.4 is 0 Å². The van der Waals surface area contributed by atoms with Crippen molar-refractivity contribution in [3.05, 3.63) is 21.9 Å². The van der Waals surface area contributed by atoms with E-state index in [1.54, 1.807) is 0 Å². The van der Waals surface area contributed by atoms with E-state index in [1.165, 1.54) is 89.8 Å². The van der Waals surface area contributed by atoms with Gasteiger partial charge in [-0.2, -0.15) is 0 Å². The first-order valence-corrected chi connectivity index (χ1v) is 17.3. The number of thiophene rings is 2. The van der Waals surface area contributed by atoms with Gasteiger partial charge in [-0.25, -0.2) is 0 Å². The van der Waals surface area contributed by atoms with Gasteiger partial charge in [-0.1, -0.05) is 77.0 Å². The van der Waals surface area contributed by atoms with Crippen LogP contribution in [0.3, 0.4) is 0 Å². The first-order valence-electron chi connectivity index (χ1n) is 14.9. The summed E-state index contributed by atoms with van der Waals surface area (Å²) in [5.74, 6) is 0.984. The molecule has 2 saturated carbocycles. The molecule has 4 atom stereocenters. The molecule has 2 aliphatic rings. The highest BCUT2D eigenvalue weighted by atomic mass is 35.5. The molecular weight excluding hydrogens is 539 g/mol. The minimum Gasteiger partial charge on any atom is -0.281 e. The first kappa shape index (κ1) is 29.6. The van der Waals surface area contributed by atoms with Crippen LogP contribution in [0, 0.1) is 11.8 Å². The Bertz CT molecular complexity index is 965. The third-order valence-corrected chi connectivity index (χ3v) is 12.1. The van der Waals surface area contributed by atoms with E-state index < -0.39 is 0 Å². The van der Waals surface area contributed by atoms with Gasteiger partial charge in [0.15, 0.2) is 0 Å². The molecule has 2 aromatic heterocycles. The standard InChI is InChI=1S/C31H44Cl2O2S2/c32-30(34)23-14-10-6-2-1-5-9-13-22(17-18-23)26-20-28-29(36-26)21-27(37-28)24-15-11-7-3-4-8-12-16-25(19-24)31(33)35/h20-25H,1-19H2. The second kappa shape index (κ2) is 15.4. The SMILES string of the molecule is O=C(Cl)C1CCCCCCCCC(c2cc3sc(C4CCCCCCCCC(C(=O)Cl)C4)cc3s2)CC1. The van der Waals surface area contributed by atoms with Crippen molar-refractivity contribution in [2.24, 2.45) is 11.8 Å². The van der Waals surface area contributed by atoms with Crippen molar-refractivity contribution in [1.29, 1.82) is 0 Å². The lowest BCUT2D eigenvalue weighted by Gasteiger charge is -2.20. The lowest BCUT2D eigenvalue weighted by atomic mass is 9.87. The van der Waals surface area contributed by atoms with E-state index in [4.69, 9.17) is 23.2 Å². The van der Waals surface area contributed by atoms with Gasteiger partial charge in [0.25, 0.3) is 0 Å². The maximum Gasteiger partial charge on any atom is 0.224 e. The Morgan fingerprint density at radius 1 is 0.541 bits per heavy atom. The molecule has 0 aliphatic heterocycles. The van der Waals surface area contributed by atoms with Crippen molar-refractivity contribution in [1.82, 2.24) is 0 Å². The lowest BCUT2D eigenvalue weighted by Crippen LogP contribution is -2.13. The Balaban J connectivity index is 1.49. The highest BCUT2D eigenvalue weighted by Gasteiger charge is 2.26. The van der Waals surface area contributed by atoms with Gasteiger partial charge in [-0.3, -0.25) is 9.59 Å². The van der Waals surface area contributed by atoms with Crippen LogP contribution >= 0.6 is 45.9 Å². The molecule has 0 N–H and O–H groups in total. The normalized spacial score (nSPS) is 28.1. The van der Waals surface area contributed by atoms with Crippen LogP contribution in [0.1, 0.15) is 144 Å². The highest BCUT2D eigenvalue weighted by Crippen LogP contribution is 2.44. The Morgan fingerprint density at radius 2 is 0.973 bits per heavy atom. The molecule has 2 heterocycles. The fourth-order valence-electron chi connectivity index (χ4n) is 6.50. The smallest absolute Gasteiger partial charge is 0.224 e. The Hall–Kier alpha value is -0.420. The summed E-state index contributed by atoms with van der Waals surface area (Å²) in [6.07, 6.45) is 22.2. The highest BCUT2D eigenvalue weighted by molar-refractivity contribution is 7.27. The van der Waals surface area contributed by atoms with Gasteiger partial charge in [0.05, 0.1) is 0 Å². The molecule has 0 saturated heterocycles. The summed E-state index contributed by atoms with van der Waals surface area (Å²) in [5, 5.41) is -0.274. The summed E-state index contributed by atoms with van der Waals surface area (Å²) >= 11 is 16.0. The van der Waals surface area contributed by atoms with Crippen LogP contribution in [0.2, 0.25) is 0 Å². The molecule has 0 amide bonds. The molecule has 0 spiro atoms. The second-order valence-electron chi connectivity index (χ2n) is 11.6. The lowest BCUT2D eigenvalue weighted by molar-refractivity contribution is -0.116. The number of rotatable bonds is 4. The number of fused-ring (bicyclic) bond motifs is 1. The molecule has 4 rings (SSSR count). The van der Waals surface area contributed by atoms with Crippen LogP contribution in [0.15, 0.2) is 12.1 Å². The molecule has 0 bridgehead atoms. The van der Waals surface area contributed by atoms with Crippen LogP contribution in [0.4, 0.5) is 0 Å². The van der Waals surface area contributed by atoms with Gasteiger partial charge in [-0.15, -0.1) is 22.7 Å². The number of halogens is 2. The minimum atomic E-state index is -0.138. The number of carbonyl (C=O) groups is 2. The predicted octanol–water partition coefficient (Wildman–Crippen LogP) is 11.3. The van der Waals surface area contributed by atoms with Gasteiger partial charge >= 0.3 is 0 Å². The summed E-state index contributed by atoms with van der Waals surface area (Å²) in [5.41, 5.74) is 0. The van der Waals surface area contributed by atoms with E-state index >= 15 is 0 Å². The summed E-state index contributed by atoms with van der Waals surface area (Å²) < 4.78 is 2.79. The number of hydrogen-bond donors (Lipinski definition) is 0. The number of hydrogen-bond acceptors (Lipinski definition) is 4. The second-order valence-corrected chi connectivity index (χ2v) is 14.6. The first-order chi connectivity index (χ1) is 18.0. The van der Waals surface area contributed by atoms with Crippen LogP contribution in [0.5, 0.6) is 0 Å². The van der Waals surface area contributed by atoms with Gasteiger partial charge in [0.2, 0.25) is 10.5 Å². The maximum absolute atomic E-state index is 12.2.